The molecule has 0 saturated carbocycles. The normalized spacial score (nSPS) is 18.2. The van der Waals surface area contributed by atoms with E-state index >= 15 is 0 Å². The predicted octanol–water partition coefficient (Wildman–Crippen LogP) is 3.52. The summed E-state index contributed by atoms with van der Waals surface area (Å²) in [5.41, 5.74) is 11.2. The highest BCUT2D eigenvalue weighted by molar-refractivity contribution is 7.93. The molecule has 0 fully saturated rings. The first-order chi connectivity index (χ1) is 14.6. The molecule has 10 heteroatoms. The molecule has 1 atom stereocenters. The smallest absolute Gasteiger partial charge is 0.273 e. The van der Waals surface area contributed by atoms with Crippen LogP contribution in [0.4, 0.5) is 11.4 Å². The largest absolute Gasteiger partial charge is 0.497 e. The third-order valence-electron chi connectivity index (χ3n) is 5.16. The summed E-state index contributed by atoms with van der Waals surface area (Å²) < 4.78 is 32.9. The van der Waals surface area contributed by atoms with Crippen molar-refractivity contribution in [1.82, 2.24) is 0 Å². The fourth-order valence-corrected chi connectivity index (χ4v) is 5.68. The topological polar surface area (TPSA) is 116 Å². The van der Waals surface area contributed by atoms with E-state index in [1.807, 2.05) is 0 Å². The van der Waals surface area contributed by atoms with Gasteiger partial charge in [-0.15, -0.1) is 0 Å². The Morgan fingerprint density at radius 3 is 2.35 bits per heavy atom. The molecule has 0 bridgehead atoms. The maximum absolute atomic E-state index is 13.7. The van der Waals surface area contributed by atoms with E-state index in [2.05, 4.69) is 0 Å². The van der Waals surface area contributed by atoms with Gasteiger partial charge in [0.1, 0.15) is 10.6 Å². The predicted molar refractivity (Wildman–Crippen MR) is 120 cm³/mol. The molecule has 1 unspecified atom stereocenters. The molecular formula is C21H17Cl2N3O4S. The maximum atomic E-state index is 13.7. The summed E-state index contributed by atoms with van der Waals surface area (Å²) >= 11 is 12.5. The van der Waals surface area contributed by atoms with Gasteiger partial charge in [0.2, 0.25) is 0 Å². The molecule has 3 aromatic carbocycles. The van der Waals surface area contributed by atoms with Gasteiger partial charge in [0.05, 0.1) is 18.5 Å². The van der Waals surface area contributed by atoms with Gasteiger partial charge in [0.15, 0.2) is 5.54 Å². The van der Waals surface area contributed by atoms with Gasteiger partial charge in [-0.05, 0) is 36.4 Å². The third-order valence-corrected chi connectivity index (χ3v) is 7.49. The minimum absolute atomic E-state index is 0.0741. The van der Waals surface area contributed by atoms with Crippen LogP contribution in [0, 0.1) is 0 Å². The second kappa shape index (κ2) is 7.42. The number of sulfonamides is 1. The average molecular weight is 478 g/mol. The number of rotatable bonds is 4. The van der Waals surface area contributed by atoms with Crippen LogP contribution in [-0.2, 0) is 20.4 Å². The number of fused-ring (bicyclic) bond motifs is 1. The second-order valence-corrected chi connectivity index (χ2v) is 9.53. The van der Waals surface area contributed by atoms with Crippen molar-refractivity contribution in [1.29, 1.82) is 0 Å². The number of nitrogen functional groups attached to an aromatic ring is 1. The fraction of sp³-hybridized carbons (Fsp3) is 0.0952. The summed E-state index contributed by atoms with van der Waals surface area (Å²) in [6, 6.07) is 14.9. The summed E-state index contributed by atoms with van der Waals surface area (Å²) in [7, 11) is -2.99. The van der Waals surface area contributed by atoms with Crippen LogP contribution >= 0.6 is 23.2 Å². The Morgan fingerprint density at radius 2 is 1.71 bits per heavy atom. The van der Waals surface area contributed by atoms with E-state index in [0.717, 1.165) is 0 Å². The minimum Gasteiger partial charge on any atom is -0.497 e. The Bertz CT molecular complexity index is 1330. The number of nitrogens with zero attached hydrogens (tertiary/aromatic N) is 1. The Labute approximate surface area is 189 Å². The van der Waals surface area contributed by atoms with Gasteiger partial charge >= 0.3 is 0 Å². The third kappa shape index (κ3) is 3.14. The Hall–Kier alpha value is -2.78. The molecule has 4 rings (SSSR count). The van der Waals surface area contributed by atoms with Gasteiger partial charge in [0, 0.05) is 27.2 Å². The lowest BCUT2D eigenvalue weighted by Gasteiger charge is -2.26. The lowest BCUT2D eigenvalue weighted by Crippen LogP contribution is -2.49. The van der Waals surface area contributed by atoms with Crippen LogP contribution in [0.3, 0.4) is 0 Å². The van der Waals surface area contributed by atoms with Gasteiger partial charge in [-0.1, -0.05) is 41.4 Å². The molecule has 0 spiro atoms. The van der Waals surface area contributed by atoms with Gasteiger partial charge in [-0.25, -0.2) is 12.7 Å². The van der Waals surface area contributed by atoms with Crippen LogP contribution < -0.4 is 20.5 Å². The van der Waals surface area contributed by atoms with Crippen LogP contribution in [0.5, 0.6) is 5.75 Å². The molecule has 31 heavy (non-hydrogen) atoms. The lowest BCUT2D eigenvalue weighted by molar-refractivity contribution is -0.120. The Morgan fingerprint density at radius 1 is 1.00 bits per heavy atom. The van der Waals surface area contributed by atoms with Gasteiger partial charge in [-0.3, -0.25) is 4.79 Å². The number of amides is 1. The van der Waals surface area contributed by atoms with Crippen molar-refractivity contribution in [3.05, 3.63) is 81.8 Å². The van der Waals surface area contributed by atoms with Crippen molar-refractivity contribution in [3.63, 3.8) is 0 Å². The van der Waals surface area contributed by atoms with E-state index in [4.69, 9.17) is 39.4 Å². The number of halogens is 2. The zero-order chi connectivity index (χ0) is 22.6. The summed E-state index contributed by atoms with van der Waals surface area (Å²) in [6.07, 6.45) is 0. The SMILES string of the molecule is COc1ccc(S(=O)(=O)N2C(=O)C(N)(c3ccccc3Cl)c3cc(Cl)ccc32)c(N)c1. The van der Waals surface area contributed by atoms with Crippen LogP contribution in [0.1, 0.15) is 11.1 Å². The molecule has 3 aromatic rings. The molecular weight excluding hydrogens is 461 g/mol. The van der Waals surface area contributed by atoms with E-state index in [1.165, 1.54) is 43.5 Å². The van der Waals surface area contributed by atoms with E-state index in [0.29, 0.717) is 10.1 Å². The summed E-state index contributed by atoms with van der Waals surface area (Å²) in [5.74, 6) is -0.520. The number of hydrogen-bond acceptors (Lipinski definition) is 6. The molecule has 1 amide bonds. The summed E-state index contributed by atoms with van der Waals surface area (Å²) in [4.78, 5) is 13.4. The van der Waals surface area contributed by atoms with Gasteiger partial charge in [0.25, 0.3) is 15.9 Å². The zero-order valence-electron chi connectivity index (χ0n) is 16.2. The number of benzene rings is 3. The standard InChI is InChI=1S/C21H17Cl2N3O4S/c1-30-13-7-9-19(17(24)11-13)31(28,29)26-18-8-6-12(22)10-15(18)21(25,20(26)27)14-4-2-3-5-16(14)23/h2-11H,24-25H2,1H3. The first-order valence-electron chi connectivity index (χ1n) is 8.99. The van der Waals surface area contributed by atoms with Crippen LogP contribution in [-0.4, -0.2) is 21.4 Å². The molecule has 1 aliphatic rings. The molecule has 0 aliphatic carbocycles. The van der Waals surface area contributed by atoms with Crippen LogP contribution in [0.25, 0.3) is 0 Å². The Kier molecular flexibility index (Phi) is 5.13. The molecule has 0 aromatic heterocycles. The number of ether oxygens (including phenoxy) is 1. The van der Waals surface area contributed by atoms with Crippen LogP contribution in [0.15, 0.2) is 65.6 Å². The second-order valence-electron chi connectivity index (χ2n) is 6.93. The van der Waals surface area contributed by atoms with E-state index in [1.54, 1.807) is 24.3 Å². The van der Waals surface area contributed by atoms with E-state index in [-0.39, 0.29) is 37.4 Å². The molecule has 7 nitrogen and oxygen atoms in total. The molecule has 4 N–H and O–H groups in total. The monoisotopic (exact) mass is 477 g/mol. The summed E-state index contributed by atoms with van der Waals surface area (Å²) in [6.45, 7) is 0. The molecule has 0 radical (unpaired) electrons. The summed E-state index contributed by atoms with van der Waals surface area (Å²) in [5, 5.41) is 0.504. The first kappa shape index (κ1) is 21.5. The number of hydrogen-bond donors (Lipinski definition) is 2. The fourth-order valence-electron chi connectivity index (χ4n) is 3.65. The highest BCUT2D eigenvalue weighted by Crippen LogP contribution is 2.48. The first-order valence-corrected chi connectivity index (χ1v) is 11.2. The number of methoxy groups -OCH3 is 1. The average Bonchev–Trinajstić information content (AvgIpc) is 2.96. The number of anilines is 2. The van der Waals surface area contributed by atoms with Crippen molar-refractivity contribution in [2.45, 2.75) is 10.4 Å². The Balaban J connectivity index is 1.97. The van der Waals surface area contributed by atoms with E-state index < -0.39 is 21.5 Å². The van der Waals surface area contributed by atoms with Crippen LogP contribution in [0.2, 0.25) is 10.0 Å². The quantitative estimate of drug-likeness (QED) is 0.555. The van der Waals surface area contributed by atoms with Crippen molar-refractivity contribution < 1.29 is 17.9 Å². The highest BCUT2D eigenvalue weighted by Gasteiger charge is 2.54. The van der Waals surface area contributed by atoms with E-state index in [9.17, 15) is 13.2 Å². The molecule has 1 aliphatic heterocycles. The maximum Gasteiger partial charge on any atom is 0.273 e. The van der Waals surface area contributed by atoms with Gasteiger partial charge < -0.3 is 16.2 Å². The number of nitrogens with two attached hydrogens (primary N) is 2. The zero-order valence-corrected chi connectivity index (χ0v) is 18.5. The van der Waals surface area contributed by atoms with Crippen molar-refractivity contribution >= 4 is 50.5 Å². The molecule has 160 valence electrons. The number of carbonyl (C=O) groups is 1. The van der Waals surface area contributed by atoms with Crippen molar-refractivity contribution in [2.75, 3.05) is 17.1 Å². The molecule has 0 saturated heterocycles. The molecule has 1 heterocycles. The lowest BCUT2D eigenvalue weighted by atomic mass is 9.85. The number of carbonyl (C=O) groups excluding carboxylic acids is 1. The highest BCUT2D eigenvalue weighted by atomic mass is 35.5. The minimum atomic E-state index is -4.42. The van der Waals surface area contributed by atoms with Crippen molar-refractivity contribution in [2.24, 2.45) is 5.73 Å². The van der Waals surface area contributed by atoms with Gasteiger partial charge in [-0.2, -0.15) is 0 Å². The van der Waals surface area contributed by atoms with Crippen molar-refractivity contribution in [3.8, 4) is 5.75 Å².